The largest absolute Gasteiger partial charge is 0.491 e. The van der Waals surface area contributed by atoms with Crippen LogP contribution in [0.1, 0.15) is 43.6 Å². The van der Waals surface area contributed by atoms with Gasteiger partial charge in [0, 0.05) is 44.9 Å². The van der Waals surface area contributed by atoms with Crippen molar-refractivity contribution in [2.24, 2.45) is 5.92 Å². The van der Waals surface area contributed by atoms with Gasteiger partial charge in [0.25, 0.3) is 15.9 Å². The quantitative estimate of drug-likeness (QED) is 0.576. The number of carbonyl (C=O) groups excluding carboxylic acids is 2. The molecule has 0 saturated carbocycles. The second-order valence-corrected chi connectivity index (χ2v) is 12.2. The summed E-state index contributed by atoms with van der Waals surface area (Å²) in [6.45, 7) is 10.4. The molecule has 3 atom stereocenters. The molecular formula is C28H40N4O6S. The summed E-state index contributed by atoms with van der Waals surface area (Å²) in [6.07, 6.45) is -0.340. The molecule has 2 N–H and O–H groups in total. The summed E-state index contributed by atoms with van der Waals surface area (Å²) in [5, 5.41) is 2.95. The van der Waals surface area contributed by atoms with Crippen LogP contribution < -0.4 is 14.8 Å². The number of rotatable bonds is 5. The third-order valence-corrected chi connectivity index (χ3v) is 8.10. The van der Waals surface area contributed by atoms with E-state index in [1.54, 1.807) is 43.3 Å². The van der Waals surface area contributed by atoms with Crippen LogP contribution in [0.3, 0.4) is 0 Å². The van der Waals surface area contributed by atoms with Crippen LogP contribution in [0.5, 0.6) is 5.75 Å². The Balaban J connectivity index is 1.97. The van der Waals surface area contributed by atoms with Gasteiger partial charge < -0.3 is 24.6 Å². The average Bonchev–Trinajstić information content (AvgIpc) is 2.87. The second kappa shape index (κ2) is 12.7. The van der Waals surface area contributed by atoms with Crippen LogP contribution in [-0.2, 0) is 14.8 Å². The SMILES string of the molecule is CO[C@H]1CN(C)C(=O)c2cc(NS(=O)(=O)c3ccc(C)cc3)ccc2OC[C@@H](C)N(C(=O)NC(C)C)C[C@H]1C. The maximum Gasteiger partial charge on any atom is 0.317 e. The number of ether oxygens (including phenoxy) is 2. The van der Waals surface area contributed by atoms with Crippen molar-refractivity contribution in [3.8, 4) is 5.75 Å². The molecule has 1 heterocycles. The third-order valence-electron chi connectivity index (χ3n) is 6.70. The summed E-state index contributed by atoms with van der Waals surface area (Å²) in [4.78, 5) is 30.0. The van der Waals surface area contributed by atoms with E-state index < -0.39 is 10.0 Å². The lowest BCUT2D eigenvalue weighted by Gasteiger charge is -2.36. The molecule has 3 amide bonds. The van der Waals surface area contributed by atoms with E-state index in [1.807, 2.05) is 34.6 Å². The standard InChI is InChI=1S/C28H40N4O6S/c1-18(2)29-28(34)32-15-20(4)26(37-7)16-31(6)27(33)24-14-22(10-13-25(24)38-17-21(32)5)30-39(35,36)23-11-8-19(3)9-12-23/h8-14,18,20-21,26,30H,15-17H2,1-7H3,(H,29,34)/t20-,21-,26+/m1/s1. The molecule has 39 heavy (non-hydrogen) atoms. The van der Waals surface area contributed by atoms with Gasteiger partial charge in [0.2, 0.25) is 0 Å². The summed E-state index contributed by atoms with van der Waals surface area (Å²) < 4.78 is 40.3. The number of fused-ring (bicyclic) bond motifs is 1. The van der Waals surface area contributed by atoms with E-state index >= 15 is 0 Å². The highest BCUT2D eigenvalue weighted by Gasteiger charge is 2.31. The molecule has 0 unspecified atom stereocenters. The monoisotopic (exact) mass is 560 g/mol. The second-order valence-electron chi connectivity index (χ2n) is 10.5. The highest BCUT2D eigenvalue weighted by atomic mass is 32.2. The average molecular weight is 561 g/mol. The van der Waals surface area contributed by atoms with Crippen molar-refractivity contribution in [2.75, 3.05) is 38.6 Å². The van der Waals surface area contributed by atoms with E-state index in [0.29, 0.717) is 12.3 Å². The van der Waals surface area contributed by atoms with Gasteiger partial charge in [-0.15, -0.1) is 0 Å². The topological polar surface area (TPSA) is 117 Å². The van der Waals surface area contributed by atoms with Crippen LogP contribution in [-0.4, -0.2) is 82.2 Å². The van der Waals surface area contributed by atoms with E-state index in [1.165, 1.54) is 23.1 Å². The lowest BCUT2D eigenvalue weighted by Crippen LogP contribution is -2.52. The minimum absolute atomic E-state index is 0.0351. The molecule has 2 aromatic rings. The number of benzene rings is 2. The predicted octanol–water partition coefficient (Wildman–Crippen LogP) is 3.72. The number of anilines is 1. The summed E-state index contributed by atoms with van der Waals surface area (Å²) in [5.41, 5.74) is 1.38. The Labute approximate surface area is 231 Å². The summed E-state index contributed by atoms with van der Waals surface area (Å²) in [7, 11) is -0.626. The normalized spacial score (nSPS) is 20.9. The highest BCUT2D eigenvalue weighted by molar-refractivity contribution is 7.92. The first kappa shape index (κ1) is 30.2. The molecular weight excluding hydrogens is 520 g/mol. The Hall–Kier alpha value is -3.31. The first-order chi connectivity index (χ1) is 18.3. The minimum atomic E-state index is -3.87. The Morgan fingerprint density at radius 1 is 1.10 bits per heavy atom. The van der Waals surface area contributed by atoms with Gasteiger partial charge in [-0.05, 0) is 58.0 Å². The van der Waals surface area contributed by atoms with E-state index in [2.05, 4.69) is 10.0 Å². The number of methoxy groups -OCH3 is 1. The smallest absolute Gasteiger partial charge is 0.317 e. The number of hydrogen-bond donors (Lipinski definition) is 2. The number of nitrogens with zero attached hydrogens (tertiary/aromatic N) is 2. The van der Waals surface area contributed by atoms with E-state index in [4.69, 9.17) is 9.47 Å². The maximum atomic E-state index is 13.6. The molecule has 1 aliphatic heterocycles. The van der Waals surface area contributed by atoms with Crippen molar-refractivity contribution in [1.82, 2.24) is 15.1 Å². The van der Waals surface area contributed by atoms with Gasteiger partial charge in [-0.1, -0.05) is 24.6 Å². The number of urea groups is 1. The number of sulfonamides is 1. The minimum Gasteiger partial charge on any atom is -0.491 e. The maximum absolute atomic E-state index is 13.6. The van der Waals surface area contributed by atoms with Crippen molar-refractivity contribution in [3.05, 3.63) is 53.6 Å². The third kappa shape index (κ3) is 7.63. The van der Waals surface area contributed by atoms with Crippen LogP contribution in [0.2, 0.25) is 0 Å². The Morgan fingerprint density at radius 3 is 2.38 bits per heavy atom. The fourth-order valence-corrected chi connectivity index (χ4v) is 5.43. The molecule has 0 radical (unpaired) electrons. The number of amides is 3. The number of nitrogens with one attached hydrogen (secondary N) is 2. The van der Waals surface area contributed by atoms with Crippen LogP contribution in [0.25, 0.3) is 0 Å². The van der Waals surface area contributed by atoms with Crippen molar-refractivity contribution in [1.29, 1.82) is 0 Å². The lowest BCUT2D eigenvalue weighted by atomic mass is 10.0. The van der Waals surface area contributed by atoms with Crippen molar-refractivity contribution in [2.45, 2.75) is 57.7 Å². The molecule has 0 bridgehead atoms. The Bertz CT molecular complexity index is 1270. The predicted molar refractivity (Wildman–Crippen MR) is 151 cm³/mol. The summed E-state index contributed by atoms with van der Waals surface area (Å²) in [6, 6.07) is 10.5. The zero-order valence-electron chi connectivity index (χ0n) is 23.7. The van der Waals surface area contributed by atoms with Gasteiger partial charge in [-0.3, -0.25) is 9.52 Å². The lowest BCUT2D eigenvalue weighted by molar-refractivity contribution is 0.0165. The molecule has 1 aliphatic rings. The molecule has 3 rings (SSSR count). The molecule has 11 heteroatoms. The van der Waals surface area contributed by atoms with Crippen LogP contribution in [0.4, 0.5) is 10.5 Å². The first-order valence-corrected chi connectivity index (χ1v) is 14.5. The zero-order valence-corrected chi connectivity index (χ0v) is 24.5. The first-order valence-electron chi connectivity index (χ1n) is 13.0. The number of likely N-dealkylation sites (N-methyl/N-ethyl adjacent to an activating group) is 1. The molecule has 0 aliphatic carbocycles. The molecule has 0 spiro atoms. The van der Waals surface area contributed by atoms with Crippen LogP contribution >= 0.6 is 0 Å². The van der Waals surface area contributed by atoms with Crippen molar-refractivity contribution >= 4 is 27.6 Å². The zero-order chi connectivity index (χ0) is 28.9. The van der Waals surface area contributed by atoms with Gasteiger partial charge >= 0.3 is 6.03 Å². The van der Waals surface area contributed by atoms with Gasteiger partial charge in [0.05, 0.1) is 22.6 Å². The number of aryl methyl sites for hydroxylation is 1. The van der Waals surface area contributed by atoms with Gasteiger partial charge in [-0.25, -0.2) is 13.2 Å². The van der Waals surface area contributed by atoms with Gasteiger partial charge in [-0.2, -0.15) is 0 Å². The molecule has 0 fully saturated rings. The Morgan fingerprint density at radius 2 is 1.77 bits per heavy atom. The molecule has 0 aromatic heterocycles. The number of hydrogen-bond acceptors (Lipinski definition) is 6. The summed E-state index contributed by atoms with van der Waals surface area (Å²) >= 11 is 0. The molecule has 214 valence electrons. The molecule has 0 saturated heterocycles. The number of carbonyl (C=O) groups is 2. The van der Waals surface area contributed by atoms with E-state index in [-0.39, 0.29) is 65.3 Å². The van der Waals surface area contributed by atoms with E-state index in [0.717, 1.165) is 5.56 Å². The van der Waals surface area contributed by atoms with Crippen molar-refractivity contribution in [3.63, 3.8) is 0 Å². The van der Waals surface area contributed by atoms with Gasteiger partial charge in [0.15, 0.2) is 0 Å². The van der Waals surface area contributed by atoms with Gasteiger partial charge in [0.1, 0.15) is 12.4 Å². The molecule has 10 nitrogen and oxygen atoms in total. The fraction of sp³-hybridized carbons (Fsp3) is 0.500. The van der Waals surface area contributed by atoms with Crippen LogP contribution in [0, 0.1) is 12.8 Å². The van der Waals surface area contributed by atoms with Crippen molar-refractivity contribution < 1.29 is 27.5 Å². The fourth-order valence-electron chi connectivity index (χ4n) is 4.38. The highest BCUT2D eigenvalue weighted by Crippen LogP contribution is 2.28. The Kier molecular flexibility index (Phi) is 9.84. The van der Waals surface area contributed by atoms with E-state index in [9.17, 15) is 18.0 Å². The summed E-state index contributed by atoms with van der Waals surface area (Å²) in [5.74, 6) is -0.126. The van der Waals surface area contributed by atoms with Crippen LogP contribution in [0.15, 0.2) is 47.4 Å². The molecule has 2 aromatic carbocycles.